The van der Waals surface area contributed by atoms with Crippen LogP contribution in [0.4, 0.5) is 5.69 Å². The van der Waals surface area contributed by atoms with E-state index in [-0.39, 0.29) is 30.1 Å². The number of imide groups is 1. The number of likely N-dealkylation sites (tertiary alicyclic amines) is 1. The van der Waals surface area contributed by atoms with Crippen molar-refractivity contribution in [2.75, 3.05) is 47.4 Å². The molecule has 2 aliphatic rings. The third-order valence-electron chi connectivity index (χ3n) is 5.83. The number of non-ortho nitro benzene ring substituents is 1. The molecule has 9 heteroatoms. The molecule has 0 N–H and O–H groups in total. The van der Waals surface area contributed by atoms with E-state index in [2.05, 4.69) is 11.9 Å². The molecule has 0 radical (unpaired) electrons. The van der Waals surface area contributed by atoms with Crippen molar-refractivity contribution in [1.29, 1.82) is 0 Å². The van der Waals surface area contributed by atoms with Gasteiger partial charge in [-0.15, -0.1) is 0 Å². The van der Waals surface area contributed by atoms with Crippen LogP contribution < -0.4 is 0 Å². The number of nitro groups is 1. The number of rotatable bonds is 8. The molecule has 0 atom stereocenters. The minimum Gasteiger partial charge on any atom is -0.385 e. The maximum atomic E-state index is 13.3. The van der Waals surface area contributed by atoms with Crippen LogP contribution in [-0.2, 0) is 14.3 Å². The second kappa shape index (κ2) is 9.36. The maximum absolute atomic E-state index is 13.3. The molecule has 1 saturated heterocycles. The molecule has 9 nitrogen and oxygen atoms in total. The topological polar surface area (TPSA) is 96.2 Å². The van der Waals surface area contributed by atoms with Gasteiger partial charge >= 0.3 is 0 Å². The lowest BCUT2D eigenvalue weighted by molar-refractivity contribution is -0.384. The summed E-state index contributed by atoms with van der Waals surface area (Å²) in [5.41, 5.74) is 1.15. The number of nitro benzene ring substituents is 1. The molecule has 30 heavy (non-hydrogen) atoms. The standard InChI is InChI=1S/C21H28N4O5/c1-22-12-9-16(10-13-22)23(2)19-18(15-5-7-17(8-6-15)25(28)29)20(26)24(21(19)27)11-4-14-30-3/h5-8,16H,4,9-14H2,1-3H3. The highest BCUT2D eigenvalue weighted by atomic mass is 16.6. The van der Waals surface area contributed by atoms with E-state index in [0.717, 1.165) is 25.9 Å². The van der Waals surface area contributed by atoms with Gasteiger partial charge in [-0.05, 0) is 57.1 Å². The van der Waals surface area contributed by atoms with Gasteiger partial charge < -0.3 is 14.5 Å². The first-order valence-electron chi connectivity index (χ1n) is 10.1. The van der Waals surface area contributed by atoms with Crippen LogP contribution in [0, 0.1) is 10.1 Å². The minimum absolute atomic E-state index is 0.0571. The van der Waals surface area contributed by atoms with Crippen LogP contribution in [0.3, 0.4) is 0 Å². The number of hydrogen-bond acceptors (Lipinski definition) is 7. The quantitative estimate of drug-likeness (QED) is 0.276. The molecule has 2 heterocycles. The highest BCUT2D eigenvalue weighted by Crippen LogP contribution is 2.34. The second-order valence-electron chi connectivity index (χ2n) is 7.78. The van der Waals surface area contributed by atoms with Crippen LogP contribution in [0.5, 0.6) is 0 Å². The van der Waals surface area contributed by atoms with Gasteiger partial charge in [-0.25, -0.2) is 0 Å². The molecule has 1 aromatic carbocycles. The first-order valence-corrected chi connectivity index (χ1v) is 10.1. The van der Waals surface area contributed by atoms with E-state index >= 15 is 0 Å². The van der Waals surface area contributed by atoms with Crippen LogP contribution in [0.25, 0.3) is 5.57 Å². The molecule has 1 fully saturated rings. The smallest absolute Gasteiger partial charge is 0.277 e. The fourth-order valence-electron chi connectivity index (χ4n) is 4.04. The molecule has 0 saturated carbocycles. The zero-order chi connectivity index (χ0) is 21.8. The molecule has 3 rings (SSSR count). The zero-order valence-electron chi connectivity index (χ0n) is 17.7. The number of benzene rings is 1. The molecule has 1 aromatic rings. The van der Waals surface area contributed by atoms with Gasteiger partial charge in [-0.2, -0.15) is 0 Å². The fourth-order valence-corrected chi connectivity index (χ4v) is 4.04. The first-order chi connectivity index (χ1) is 14.3. The van der Waals surface area contributed by atoms with Crippen LogP contribution in [0.2, 0.25) is 0 Å². The molecule has 0 aromatic heterocycles. The summed E-state index contributed by atoms with van der Waals surface area (Å²) in [6, 6.07) is 5.96. The molecule has 0 aliphatic carbocycles. The van der Waals surface area contributed by atoms with Gasteiger partial charge in [0.1, 0.15) is 5.70 Å². The summed E-state index contributed by atoms with van der Waals surface area (Å²) in [6.45, 7) is 2.57. The Hall–Kier alpha value is -2.78. The lowest BCUT2D eigenvalue weighted by Gasteiger charge is -2.36. The van der Waals surface area contributed by atoms with Crippen LogP contribution in [0.1, 0.15) is 24.8 Å². The number of carbonyl (C=O) groups is 2. The fraction of sp³-hybridized carbons (Fsp3) is 0.524. The first kappa shape index (κ1) is 21.9. The highest BCUT2D eigenvalue weighted by Gasteiger charge is 2.42. The summed E-state index contributed by atoms with van der Waals surface area (Å²) in [6.07, 6.45) is 2.34. The molecular weight excluding hydrogens is 388 g/mol. The summed E-state index contributed by atoms with van der Waals surface area (Å²) in [5, 5.41) is 11.0. The number of ether oxygens (including phenoxy) is 1. The Bertz CT molecular complexity index is 843. The van der Waals surface area contributed by atoms with Crippen molar-refractivity contribution in [2.24, 2.45) is 0 Å². The highest BCUT2D eigenvalue weighted by molar-refractivity contribution is 6.35. The Morgan fingerprint density at radius 1 is 1.17 bits per heavy atom. The molecule has 0 bridgehead atoms. The van der Waals surface area contributed by atoms with E-state index in [4.69, 9.17) is 4.74 Å². The van der Waals surface area contributed by atoms with Gasteiger partial charge in [0.05, 0.1) is 10.5 Å². The molecular formula is C21H28N4O5. The second-order valence-corrected chi connectivity index (χ2v) is 7.78. The number of piperidine rings is 1. The Balaban J connectivity index is 1.96. The van der Waals surface area contributed by atoms with Crippen molar-refractivity contribution in [2.45, 2.75) is 25.3 Å². The number of nitrogens with zero attached hydrogens (tertiary/aromatic N) is 4. The predicted molar refractivity (Wildman–Crippen MR) is 112 cm³/mol. The van der Waals surface area contributed by atoms with Crippen molar-refractivity contribution < 1.29 is 19.2 Å². The van der Waals surface area contributed by atoms with Gasteiger partial charge in [0.2, 0.25) is 0 Å². The average molecular weight is 416 g/mol. The molecule has 162 valence electrons. The lowest BCUT2D eigenvalue weighted by Crippen LogP contribution is -2.43. The number of methoxy groups -OCH3 is 1. The third-order valence-corrected chi connectivity index (χ3v) is 5.83. The van der Waals surface area contributed by atoms with E-state index in [0.29, 0.717) is 29.9 Å². The van der Waals surface area contributed by atoms with Gasteiger partial charge in [0.25, 0.3) is 17.5 Å². The van der Waals surface area contributed by atoms with Gasteiger partial charge in [-0.1, -0.05) is 0 Å². The Morgan fingerprint density at radius 2 is 1.80 bits per heavy atom. The van der Waals surface area contributed by atoms with E-state index < -0.39 is 4.92 Å². The third kappa shape index (κ3) is 4.36. The van der Waals surface area contributed by atoms with Gasteiger partial charge in [0.15, 0.2) is 0 Å². The average Bonchev–Trinajstić information content (AvgIpc) is 2.98. The molecule has 2 amide bonds. The van der Waals surface area contributed by atoms with Gasteiger partial charge in [-0.3, -0.25) is 24.6 Å². The van der Waals surface area contributed by atoms with Crippen molar-refractivity contribution in [3.05, 3.63) is 45.6 Å². The van der Waals surface area contributed by atoms with Crippen LogP contribution in [-0.4, -0.2) is 84.9 Å². The number of likely N-dealkylation sites (N-methyl/N-ethyl adjacent to an activating group) is 1. The largest absolute Gasteiger partial charge is 0.385 e. The maximum Gasteiger partial charge on any atom is 0.277 e. The summed E-state index contributed by atoms with van der Waals surface area (Å²) in [4.78, 5) is 42.4. The molecule has 0 spiro atoms. The molecule has 2 aliphatic heterocycles. The van der Waals surface area contributed by atoms with Crippen LogP contribution >= 0.6 is 0 Å². The summed E-state index contributed by atoms with van der Waals surface area (Å²) in [7, 11) is 5.51. The van der Waals surface area contributed by atoms with Gasteiger partial charge in [0, 0.05) is 45.5 Å². The van der Waals surface area contributed by atoms with E-state index in [1.165, 1.54) is 17.0 Å². The molecule has 0 unspecified atom stereocenters. The Labute approximate surface area is 176 Å². The van der Waals surface area contributed by atoms with Crippen molar-refractivity contribution in [3.63, 3.8) is 0 Å². The van der Waals surface area contributed by atoms with Crippen molar-refractivity contribution in [1.82, 2.24) is 14.7 Å². The monoisotopic (exact) mass is 416 g/mol. The number of hydrogen-bond donors (Lipinski definition) is 0. The number of amides is 2. The minimum atomic E-state index is -0.484. The summed E-state index contributed by atoms with van der Waals surface area (Å²) < 4.78 is 5.06. The Kier molecular flexibility index (Phi) is 6.84. The van der Waals surface area contributed by atoms with Crippen LogP contribution in [0.15, 0.2) is 30.0 Å². The SMILES string of the molecule is COCCCN1C(=O)C(c2ccc([N+](=O)[O-])cc2)=C(N(C)C2CCN(C)CC2)C1=O. The number of carbonyl (C=O) groups excluding carboxylic acids is 2. The normalized spacial score (nSPS) is 18.4. The zero-order valence-corrected chi connectivity index (χ0v) is 17.7. The predicted octanol–water partition coefficient (Wildman–Crippen LogP) is 1.74. The van der Waals surface area contributed by atoms with E-state index in [1.807, 2.05) is 11.9 Å². The van der Waals surface area contributed by atoms with Crippen molar-refractivity contribution >= 4 is 23.1 Å². The van der Waals surface area contributed by atoms with Crippen molar-refractivity contribution in [3.8, 4) is 0 Å². The lowest BCUT2D eigenvalue weighted by atomic mass is 10.00. The summed E-state index contributed by atoms with van der Waals surface area (Å²) in [5.74, 6) is -0.675. The van der Waals surface area contributed by atoms with E-state index in [9.17, 15) is 19.7 Å². The Morgan fingerprint density at radius 3 is 2.37 bits per heavy atom. The summed E-state index contributed by atoms with van der Waals surface area (Å²) >= 11 is 0. The van der Waals surface area contributed by atoms with E-state index in [1.54, 1.807) is 19.2 Å².